The first kappa shape index (κ1) is 20.8. The van der Waals surface area contributed by atoms with Gasteiger partial charge in [0.15, 0.2) is 0 Å². The molecular weight excluding hydrogens is 341 g/mol. The fourth-order valence-electron chi connectivity index (χ4n) is 3.74. The molecule has 1 unspecified atom stereocenters. The predicted molar refractivity (Wildman–Crippen MR) is 99.6 cm³/mol. The Morgan fingerprint density at radius 3 is 2.58 bits per heavy atom. The minimum Gasteiger partial charge on any atom is -0.385 e. The number of rotatable bonds is 5. The van der Waals surface area contributed by atoms with Crippen LogP contribution in [0.25, 0.3) is 10.9 Å². The first-order valence-corrected chi connectivity index (χ1v) is 9.42. The normalized spacial score (nSPS) is 17.8. The molecule has 146 valence electrons. The van der Waals surface area contributed by atoms with Crippen LogP contribution in [0.3, 0.4) is 0 Å². The lowest BCUT2D eigenvalue weighted by Gasteiger charge is -2.26. The summed E-state index contributed by atoms with van der Waals surface area (Å²) in [5.41, 5.74) is 0.651. The Balaban J connectivity index is 0.00000117. The first-order valence-electron chi connectivity index (χ1n) is 9.42. The molecule has 3 rings (SSSR count). The molecule has 1 aromatic carbocycles. The summed E-state index contributed by atoms with van der Waals surface area (Å²) in [4.78, 5) is 0. The zero-order valence-corrected chi connectivity index (χ0v) is 15.8. The third kappa shape index (κ3) is 4.41. The van der Waals surface area contributed by atoms with Crippen molar-refractivity contribution in [2.24, 2.45) is 0 Å². The van der Waals surface area contributed by atoms with Gasteiger partial charge in [-0.1, -0.05) is 32.0 Å². The summed E-state index contributed by atoms with van der Waals surface area (Å²) in [5.74, 6) is -0.106. The molecule has 1 aliphatic rings. The number of nitrogens with zero attached hydrogens (tertiary/aromatic N) is 1. The van der Waals surface area contributed by atoms with Crippen LogP contribution in [-0.4, -0.2) is 31.4 Å². The molecule has 1 aliphatic heterocycles. The molecule has 2 aromatic rings. The third-order valence-corrected chi connectivity index (χ3v) is 4.71. The van der Waals surface area contributed by atoms with E-state index in [0.717, 1.165) is 19.4 Å². The molecule has 0 bridgehead atoms. The van der Waals surface area contributed by atoms with Crippen LogP contribution >= 0.6 is 0 Å². The fraction of sp³-hybridized carbons (Fsp3) is 0.600. The van der Waals surface area contributed by atoms with Gasteiger partial charge in [0.25, 0.3) is 0 Å². The molecule has 1 fully saturated rings. The Hall–Kier alpha value is -1.53. The van der Waals surface area contributed by atoms with E-state index >= 15 is 0 Å². The molecule has 0 aliphatic carbocycles. The maximum Gasteiger partial charge on any atom is 0.418 e. The first-order chi connectivity index (χ1) is 12.5. The van der Waals surface area contributed by atoms with Crippen LogP contribution in [0.4, 0.5) is 13.2 Å². The molecule has 2 heterocycles. The van der Waals surface area contributed by atoms with Gasteiger partial charge in [-0.15, -0.1) is 0 Å². The number of aromatic nitrogens is 1. The highest BCUT2D eigenvalue weighted by Crippen LogP contribution is 2.43. The zero-order valence-electron chi connectivity index (χ0n) is 15.8. The summed E-state index contributed by atoms with van der Waals surface area (Å²) in [6.45, 7) is 6.55. The van der Waals surface area contributed by atoms with E-state index in [1.807, 2.05) is 18.4 Å². The van der Waals surface area contributed by atoms with Crippen LogP contribution < -0.4 is 5.32 Å². The molecule has 0 saturated carbocycles. The molecule has 3 nitrogen and oxygen atoms in total. The number of nitrogens with one attached hydrogen (secondary N) is 1. The van der Waals surface area contributed by atoms with Crippen LogP contribution in [0.1, 0.15) is 50.3 Å². The van der Waals surface area contributed by atoms with Gasteiger partial charge in [-0.25, -0.2) is 0 Å². The van der Waals surface area contributed by atoms with Crippen LogP contribution in [0.15, 0.2) is 24.3 Å². The molecule has 0 radical (unpaired) electrons. The van der Waals surface area contributed by atoms with Gasteiger partial charge in [0, 0.05) is 49.3 Å². The average Bonchev–Trinajstić information content (AvgIpc) is 2.99. The second kappa shape index (κ2) is 9.42. The van der Waals surface area contributed by atoms with E-state index in [1.165, 1.54) is 0 Å². The van der Waals surface area contributed by atoms with E-state index in [9.17, 15) is 13.2 Å². The lowest BCUT2D eigenvalue weighted by Crippen LogP contribution is -2.31. The summed E-state index contributed by atoms with van der Waals surface area (Å²) in [7, 11) is 1.61. The van der Waals surface area contributed by atoms with Crippen molar-refractivity contribution in [2.45, 2.75) is 51.7 Å². The van der Waals surface area contributed by atoms with Gasteiger partial charge >= 0.3 is 6.18 Å². The average molecular weight is 370 g/mol. The number of aryl methyl sites for hydroxylation is 1. The second-order valence-corrected chi connectivity index (χ2v) is 6.32. The molecule has 26 heavy (non-hydrogen) atoms. The van der Waals surface area contributed by atoms with Gasteiger partial charge < -0.3 is 14.6 Å². The van der Waals surface area contributed by atoms with Crippen LogP contribution in [-0.2, 0) is 17.5 Å². The summed E-state index contributed by atoms with van der Waals surface area (Å²) >= 11 is 0. The smallest absolute Gasteiger partial charge is 0.385 e. The van der Waals surface area contributed by atoms with E-state index in [4.69, 9.17) is 4.74 Å². The van der Waals surface area contributed by atoms with Crippen LogP contribution in [0.5, 0.6) is 0 Å². The Kier molecular flexibility index (Phi) is 7.53. The number of methoxy groups -OCH3 is 1. The number of halogens is 3. The van der Waals surface area contributed by atoms with E-state index < -0.39 is 11.7 Å². The van der Waals surface area contributed by atoms with Crippen molar-refractivity contribution in [1.82, 2.24) is 9.88 Å². The number of ether oxygens (including phenoxy) is 1. The predicted octanol–water partition coefficient (Wildman–Crippen LogP) is 5.19. The van der Waals surface area contributed by atoms with Crippen molar-refractivity contribution in [3.05, 3.63) is 35.5 Å². The van der Waals surface area contributed by atoms with E-state index in [1.54, 1.807) is 31.4 Å². The Morgan fingerprint density at radius 1 is 1.23 bits per heavy atom. The van der Waals surface area contributed by atoms with Crippen molar-refractivity contribution in [3.63, 3.8) is 0 Å². The van der Waals surface area contributed by atoms with Crippen molar-refractivity contribution in [2.75, 3.05) is 26.8 Å². The molecule has 1 aromatic heterocycles. The Labute approximate surface area is 153 Å². The summed E-state index contributed by atoms with van der Waals surface area (Å²) < 4.78 is 48.6. The van der Waals surface area contributed by atoms with Crippen molar-refractivity contribution >= 4 is 10.9 Å². The van der Waals surface area contributed by atoms with Gasteiger partial charge in [0.2, 0.25) is 0 Å². The number of hydrogen-bond donors (Lipinski definition) is 1. The quantitative estimate of drug-likeness (QED) is 0.733. The van der Waals surface area contributed by atoms with Gasteiger partial charge in [-0.3, -0.25) is 0 Å². The van der Waals surface area contributed by atoms with E-state index in [0.29, 0.717) is 42.7 Å². The fourth-order valence-corrected chi connectivity index (χ4v) is 3.74. The largest absolute Gasteiger partial charge is 0.418 e. The number of fused-ring (bicyclic) bond motifs is 1. The standard InChI is InChI=1S/C18H23F3N2O.C2H6/c1-24-11-5-10-23-15-8-3-2-7-14(15)16(18(19,20)21)17(23)13-6-4-9-22-12-13;1-2/h2-3,7-8,13,22H,4-6,9-12H2,1H3;1-2H3. The van der Waals surface area contributed by atoms with Crippen LogP contribution in [0.2, 0.25) is 0 Å². The minimum atomic E-state index is -4.35. The molecule has 1 atom stereocenters. The topological polar surface area (TPSA) is 26.2 Å². The highest BCUT2D eigenvalue weighted by Gasteiger charge is 2.40. The number of para-hydroxylation sites is 1. The summed E-state index contributed by atoms with van der Waals surface area (Å²) in [6.07, 6.45) is -1.96. The second-order valence-electron chi connectivity index (χ2n) is 6.32. The van der Waals surface area contributed by atoms with Gasteiger partial charge in [0.05, 0.1) is 5.56 Å². The van der Waals surface area contributed by atoms with Crippen molar-refractivity contribution < 1.29 is 17.9 Å². The van der Waals surface area contributed by atoms with Gasteiger partial charge in [0.1, 0.15) is 0 Å². The zero-order chi connectivity index (χ0) is 19.2. The van der Waals surface area contributed by atoms with Crippen LogP contribution in [0, 0.1) is 0 Å². The number of piperidine rings is 1. The third-order valence-electron chi connectivity index (χ3n) is 4.71. The minimum absolute atomic E-state index is 0.106. The molecule has 1 N–H and O–H groups in total. The Morgan fingerprint density at radius 2 is 1.96 bits per heavy atom. The number of hydrogen-bond acceptors (Lipinski definition) is 2. The molecule has 1 saturated heterocycles. The molecular formula is C20H29F3N2O. The SMILES string of the molecule is CC.COCCCn1c(C2CCCNC2)c(C(F)(F)F)c2ccccc21. The molecule has 0 amide bonds. The maximum absolute atomic E-state index is 13.9. The van der Waals surface area contributed by atoms with Crippen molar-refractivity contribution in [1.29, 1.82) is 0 Å². The lowest BCUT2D eigenvalue weighted by atomic mass is 9.92. The molecule has 0 spiro atoms. The highest BCUT2D eigenvalue weighted by molar-refractivity contribution is 5.86. The maximum atomic E-state index is 13.9. The van der Waals surface area contributed by atoms with Gasteiger partial charge in [-0.05, 0) is 31.9 Å². The van der Waals surface area contributed by atoms with E-state index in [-0.39, 0.29) is 5.92 Å². The number of benzene rings is 1. The van der Waals surface area contributed by atoms with E-state index in [2.05, 4.69) is 5.32 Å². The number of alkyl halides is 3. The highest BCUT2D eigenvalue weighted by atomic mass is 19.4. The summed E-state index contributed by atoms with van der Waals surface area (Å²) in [5, 5.41) is 3.55. The lowest BCUT2D eigenvalue weighted by molar-refractivity contribution is -0.137. The molecule has 6 heteroatoms. The summed E-state index contributed by atoms with van der Waals surface area (Å²) in [6, 6.07) is 6.86. The Bertz CT molecular complexity index is 688. The van der Waals surface area contributed by atoms with Gasteiger partial charge in [-0.2, -0.15) is 13.2 Å². The van der Waals surface area contributed by atoms with Crippen molar-refractivity contribution in [3.8, 4) is 0 Å². The monoisotopic (exact) mass is 370 g/mol.